The first-order chi connectivity index (χ1) is 6.36. The van der Waals surface area contributed by atoms with E-state index in [4.69, 9.17) is 15.9 Å². The molecule has 14 heavy (non-hydrogen) atoms. The second-order valence-corrected chi connectivity index (χ2v) is 4.85. The second kappa shape index (κ2) is 3.52. The zero-order chi connectivity index (χ0) is 10.9. The number of benzene rings is 1. The fourth-order valence-electron chi connectivity index (χ4n) is 0.802. The van der Waals surface area contributed by atoms with Gasteiger partial charge in [0, 0.05) is 16.7 Å². The Bertz CT molecular complexity index is 521. The first kappa shape index (κ1) is 10.9. The summed E-state index contributed by atoms with van der Waals surface area (Å²) in [6.45, 7) is 0. The van der Waals surface area contributed by atoms with Crippen LogP contribution in [0, 0.1) is 23.0 Å². The van der Waals surface area contributed by atoms with Crippen molar-refractivity contribution < 1.29 is 17.2 Å². The fraction of sp³-hybridized carbons (Fsp3) is 0. The molecule has 0 unspecified atom stereocenters. The van der Waals surface area contributed by atoms with E-state index in [9.17, 15) is 17.2 Å². The van der Waals surface area contributed by atoms with Crippen LogP contribution in [-0.4, -0.2) is 8.42 Å². The van der Waals surface area contributed by atoms with Gasteiger partial charge in [-0.2, -0.15) is 5.26 Å². The summed E-state index contributed by atoms with van der Waals surface area (Å²) >= 11 is 0. The van der Waals surface area contributed by atoms with Gasteiger partial charge in [-0.15, -0.1) is 0 Å². The Morgan fingerprint density at radius 1 is 1.29 bits per heavy atom. The van der Waals surface area contributed by atoms with E-state index in [1.54, 1.807) is 0 Å². The smallest absolute Gasteiger partial charge is 0.207 e. The Hall–Kier alpha value is -1.19. The monoisotopic (exact) mass is 237 g/mol. The van der Waals surface area contributed by atoms with Gasteiger partial charge in [0.15, 0.2) is 0 Å². The molecule has 0 aromatic heterocycles. The predicted octanol–water partition coefficient (Wildman–Crippen LogP) is 1.76. The molecular formula is C7H2ClF2NO2S. The zero-order valence-electron chi connectivity index (χ0n) is 6.46. The van der Waals surface area contributed by atoms with Crippen molar-refractivity contribution in [3.05, 3.63) is 29.3 Å². The average Bonchev–Trinajstić information content (AvgIpc) is 2.02. The van der Waals surface area contributed by atoms with Crippen molar-refractivity contribution in [3.8, 4) is 6.07 Å². The lowest BCUT2D eigenvalue weighted by Gasteiger charge is -1.99. The van der Waals surface area contributed by atoms with E-state index < -0.39 is 31.1 Å². The summed E-state index contributed by atoms with van der Waals surface area (Å²) in [6, 6.07) is 2.22. The van der Waals surface area contributed by atoms with Crippen LogP contribution in [0.4, 0.5) is 8.78 Å². The summed E-state index contributed by atoms with van der Waals surface area (Å²) in [5.74, 6) is -2.45. The first-order valence-electron chi connectivity index (χ1n) is 3.20. The van der Waals surface area contributed by atoms with Crippen LogP contribution in [0.15, 0.2) is 17.0 Å². The number of nitrogens with zero attached hydrogens (tertiary/aromatic N) is 1. The predicted molar refractivity (Wildman–Crippen MR) is 44.1 cm³/mol. The first-order valence-corrected chi connectivity index (χ1v) is 5.51. The zero-order valence-corrected chi connectivity index (χ0v) is 8.03. The van der Waals surface area contributed by atoms with Crippen LogP contribution in [0.25, 0.3) is 0 Å². The maximum absolute atomic E-state index is 12.8. The van der Waals surface area contributed by atoms with E-state index in [0.29, 0.717) is 12.1 Å². The standard InChI is InChI=1S/C7H2ClF2NO2S/c8-14(12,13)7-1-4(3-11)5(9)2-6(7)10/h1-2H. The lowest BCUT2D eigenvalue weighted by Crippen LogP contribution is -1.98. The number of hydrogen-bond acceptors (Lipinski definition) is 3. The van der Waals surface area contributed by atoms with Crippen molar-refractivity contribution in [2.24, 2.45) is 0 Å². The summed E-state index contributed by atoms with van der Waals surface area (Å²) in [7, 11) is 0.542. The van der Waals surface area contributed by atoms with Crippen LogP contribution in [-0.2, 0) is 9.05 Å². The third-order valence-electron chi connectivity index (χ3n) is 1.40. The van der Waals surface area contributed by atoms with Crippen LogP contribution < -0.4 is 0 Å². The van der Waals surface area contributed by atoms with Gasteiger partial charge in [-0.1, -0.05) is 0 Å². The molecule has 0 heterocycles. The van der Waals surface area contributed by atoms with Gasteiger partial charge >= 0.3 is 0 Å². The Kier molecular flexibility index (Phi) is 2.73. The molecule has 0 atom stereocenters. The minimum atomic E-state index is -4.30. The minimum Gasteiger partial charge on any atom is -0.207 e. The minimum absolute atomic E-state index is 0.299. The topological polar surface area (TPSA) is 57.9 Å². The van der Waals surface area contributed by atoms with E-state index in [1.807, 2.05) is 0 Å². The molecular weight excluding hydrogens is 236 g/mol. The maximum Gasteiger partial charge on any atom is 0.264 e. The highest BCUT2D eigenvalue weighted by atomic mass is 35.7. The van der Waals surface area contributed by atoms with Crippen LogP contribution in [0.1, 0.15) is 5.56 Å². The van der Waals surface area contributed by atoms with Gasteiger partial charge < -0.3 is 0 Å². The molecule has 0 aliphatic carbocycles. The lowest BCUT2D eigenvalue weighted by molar-refractivity contribution is 0.552. The van der Waals surface area contributed by atoms with E-state index in [1.165, 1.54) is 6.07 Å². The van der Waals surface area contributed by atoms with Gasteiger partial charge in [0.2, 0.25) is 0 Å². The van der Waals surface area contributed by atoms with Crippen molar-refractivity contribution >= 4 is 19.7 Å². The lowest BCUT2D eigenvalue weighted by atomic mass is 10.2. The Balaban J connectivity index is 3.58. The summed E-state index contributed by atoms with van der Waals surface area (Å²) in [5, 5.41) is 8.35. The molecule has 0 saturated heterocycles. The highest BCUT2D eigenvalue weighted by molar-refractivity contribution is 8.13. The Morgan fingerprint density at radius 3 is 2.29 bits per heavy atom. The van der Waals surface area contributed by atoms with Gasteiger partial charge in [0.1, 0.15) is 22.6 Å². The van der Waals surface area contributed by atoms with Crippen molar-refractivity contribution in [1.82, 2.24) is 0 Å². The normalized spacial score (nSPS) is 11.0. The maximum atomic E-state index is 12.8. The molecule has 74 valence electrons. The second-order valence-electron chi connectivity index (χ2n) is 2.31. The summed E-state index contributed by atoms with van der Waals surface area (Å²) < 4.78 is 47.0. The van der Waals surface area contributed by atoms with Crippen LogP contribution in [0.3, 0.4) is 0 Å². The molecule has 7 heteroatoms. The van der Waals surface area contributed by atoms with Gasteiger partial charge in [-0.05, 0) is 6.07 Å². The number of nitriles is 1. The summed E-state index contributed by atoms with van der Waals surface area (Å²) in [5.41, 5.74) is -0.578. The van der Waals surface area contributed by atoms with Gasteiger partial charge in [-0.25, -0.2) is 17.2 Å². The number of rotatable bonds is 1. The van der Waals surface area contributed by atoms with Crippen LogP contribution >= 0.6 is 10.7 Å². The summed E-state index contributed by atoms with van der Waals surface area (Å²) in [6.07, 6.45) is 0. The molecule has 0 N–H and O–H groups in total. The van der Waals surface area contributed by atoms with Crippen LogP contribution in [0.2, 0.25) is 0 Å². The van der Waals surface area contributed by atoms with Gasteiger partial charge in [0.25, 0.3) is 9.05 Å². The van der Waals surface area contributed by atoms with E-state index in [2.05, 4.69) is 0 Å². The molecule has 1 aromatic carbocycles. The molecule has 1 rings (SSSR count). The highest BCUT2D eigenvalue weighted by Gasteiger charge is 2.19. The molecule has 0 saturated carbocycles. The molecule has 0 aliphatic heterocycles. The summed E-state index contributed by atoms with van der Waals surface area (Å²) in [4.78, 5) is -0.905. The Labute approximate surface area is 83.0 Å². The van der Waals surface area contributed by atoms with Crippen molar-refractivity contribution in [2.45, 2.75) is 4.90 Å². The molecule has 0 spiro atoms. The SMILES string of the molecule is N#Cc1cc(S(=O)(=O)Cl)c(F)cc1F. The third-order valence-corrected chi connectivity index (χ3v) is 2.74. The van der Waals surface area contributed by atoms with E-state index >= 15 is 0 Å². The van der Waals surface area contributed by atoms with Crippen LogP contribution in [0.5, 0.6) is 0 Å². The van der Waals surface area contributed by atoms with Crippen molar-refractivity contribution in [2.75, 3.05) is 0 Å². The molecule has 0 bridgehead atoms. The van der Waals surface area contributed by atoms with Gasteiger partial charge in [-0.3, -0.25) is 0 Å². The third kappa shape index (κ3) is 2.00. The number of halogens is 3. The molecule has 3 nitrogen and oxygen atoms in total. The fourth-order valence-corrected chi connectivity index (χ4v) is 1.71. The Morgan fingerprint density at radius 2 is 1.86 bits per heavy atom. The molecule has 0 aliphatic rings. The van der Waals surface area contributed by atoms with Crippen molar-refractivity contribution in [1.29, 1.82) is 5.26 Å². The quantitative estimate of drug-likeness (QED) is 0.700. The molecule has 1 aromatic rings. The van der Waals surface area contributed by atoms with Gasteiger partial charge in [0.05, 0.1) is 5.56 Å². The number of hydrogen-bond donors (Lipinski definition) is 0. The van der Waals surface area contributed by atoms with E-state index in [-0.39, 0.29) is 0 Å². The largest absolute Gasteiger partial charge is 0.264 e. The highest BCUT2D eigenvalue weighted by Crippen LogP contribution is 2.21. The van der Waals surface area contributed by atoms with E-state index in [0.717, 1.165) is 0 Å². The molecule has 0 fully saturated rings. The molecule has 0 amide bonds. The van der Waals surface area contributed by atoms with Crippen molar-refractivity contribution in [3.63, 3.8) is 0 Å². The average molecular weight is 238 g/mol. The molecule has 0 radical (unpaired) electrons.